The minimum absolute atomic E-state index is 0.275. The van der Waals surface area contributed by atoms with Gasteiger partial charge in [0.15, 0.2) is 0 Å². The van der Waals surface area contributed by atoms with Crippen molar-refractivity contribution in [3.05, 3.63) is 70.1 Å². The highest BCUT2D eigenvalue weighted by molar-refractivity contribution is 9.10. The molecule has 0 spiro atoms. The van der Waals surface area contributed by atoms with Gasteiger partial charge in [0.2, 0.25) is 0 Å². The molecule has 22 heavy (non-hydrogen) atoms. The van der Waals surface area contributed by atoms with Crippen molar-refractivity contribution in [2.75, 3.05) is 5.32 Å². The van der Waals surface area contributed by atoms with Gasteiger partial charge in [0, 0.05) is 9.86 Å². The number of para-hydroxylation sites is 1. The number of hydrogen-bond donors (Lipinski definition) is 1. The van der Waals surface area contributed by atoms with Gasteiger partial charge >= 0.3 is 0 Å². The van der Waals surface area contributed by atoms with E-state index in [0.717, 1.165) is 4.47 Å². The SMILES string of the molecule is Cc1nc2ccc(F)cc2cc1C(=O)Nc1ccccc1Br. The van der Waals surface area contributed by atoms with E-state index >= 15 is 0 Å². The Bertz CT molecular complexity index is 880. The van der Waals surface area contributed by atoms with E-state index in [1.165, 1.54) is 12.1 Å². The number of halogens is 2. The molecule has 0 fully saturated rings. The predicted octanol–water partition coefficient (Wildman–Crippen LogP) is 4.70. The van der Waals surface area contributed by atoms with E-state index in [1.807, 2.05) is 18.2 Å². The third-order valence-corrected chi connectivity index (χ3v) is 4.03. The van der Waals surface area contributed by atoms with Crippen LogP contribution < -0.4 is 5.32 Å². The predicted molar refractivity (Wildman–Crippen MR) is 88.5 cm³/mol. The molecular formula is C17H12BrFN2O. The van der Waals surface area contributed by atoms with Gasteiger partial charge in [-0.2, -0.15) is 0 Å². The molecule has 1 amide bonds. The van der Waals surface area contributed by atoms with E-state index in [-0.39, 0.29) is 11.7 Å². The Balaban J connectivity index is 2.00. The third kappa shape index (κ3) is 2.85. The molecule has 1 aromatic heterocycles. The molecular weight excluding hydrogens is 347 g/mol. The number of aromatic nitrogens is 1. The molecule has 0 aliphatic carbocycles. The molecule has 0 unspecified atom stereocenters. The fourth-order valence-corrected chi connectivity index (χ4v) is 2.61. The average molecular weight is 359 g/mol. The molecule has 1 N–H and O–H groups in total. The number of nitrogens with one attached hydrogen (secondary N) is 1. The smallest absolute Gasteiger partial charge is 0.257 e. The van der Waals surface area contributed by atoms with E-state index in [0.29, 0.717) is 27.8 Å². The minimum Gasteiger partial charge on any atom is -0.321 e. The largest absolute Gasteiger partial charge is 0.321 e. The van der Waals surface area contributed by atoms with E-state index < -0.39 is 0 Å². The van der Waals surface area contributed by atoms with Gasteiger partial charge in [0.05, 0.1) is 22.5 Å². The summed E-state index contributed by atoms with van der Waals surface area (Å²) in [5.74, 6) is -0.627. The zero-order valence-electron chi connectivity index (χ0n) is 11.7. The monoisotopic (exact) mass is 358 g/mol. The molecule has 3 rings (SSSR count). The van der Waals surface area contributed by atoms with Crippen LogP contribution in [0.2, 0.25) is 0 Å². The van der Waals surface area contributed by atoms with Crippen LogP contribution in [0.25, 0.3) is 10.9 Å². The van der Waals surface area contributed by atoms with Gasteiger partial charge in [-0.25, -0.2) is 4.39 Å². The van der Waals surface area contributed by atoms with Crippen LogP contribution in [0.4, 0.5) is 10.1 Å². The maximum atomic E-state index is 13.3. The van der Waals surface area contributed by atoms with Crippen LogP contribution in [0.5, 0.6) is 0 Å². The molecule has 110 valence electrons. The van der Waals surface area contributed by atoms with Gasteiger partial charge in [0.25, 0.3) is 5.91 Å². The van der Waals surface area contributed by atoms with Crippen molar-refractivity contribution in [1.29, 1.82) is 0 Å². The zero-order chi connectivity index (χ0) is 15.7. The molecule has 1 heterocycles. The first-order valence-corrected chi connectivity index (χ1v) is 7.47. The number of anilines is 1. The van der Waals surface area contributed by atoms with Gasteiger partial charge in [-0.3, -0.25) is 9.78 Å². The number of pyridine rings is 1. The standard InChI is InChI=1S/C17H12BrFN2O/c1-10-13(9-11-8-12(19)6-7-15(11)20-10)17(22)21-16-5-3-2-4-14(16)18/h2-9H,1H3,(H,21,22). The molecule has 0 bridgehead atoms. The summed E-state index contributed by atoms with van der Waals surface area (Å²) in [6.07, 6.45) is 0. The lowest BCUT2D eigenvalue weighted by atomic mass is 10.1. The van der Waals surface area contributed by atoms with Crippen LogP contribution in [0.1, 0.15) is 16.1 Å². The Labute approximate surface area is 135 Å². The average Bonchev–Trinajstić information content (AvgIpc) is 2.49. The van der Waals surface area contributed by atoms with Crippen LogP contribution in [0.15, 0.2) is 53.0 Å². The van der Waals surface area contributed by atoms with Gasteiger partial charge in [-0.1, -0.05) is 12.1 Å². The molecule has 0 atom stereocenters. The molecule has 2 aromatic carbocycles. The van der Waals surface area contributed by atoms with Crippen LogP contribution in [0.3, 0.4) is 0 Å². The first kappa shape index (κ1) is 14.7. The molecule has 5 heteroatoms. The Morgan fingerprint density at radius 2 is 1.95 bits per heavy atom. The highest BCUT2D eigenvalue weighted by atomic mass is 79.9. The number of carbonyl (C=O) groups is 1. The highest BCUT2D eigenvalue weighted by Gasteiger charge is 2.13. The summed E-state index contributed by atoms with van der Waals surface area (Å²) in [5.41, 5.74) is 2.36. The van der Waals surface area contributed by atoms with E-state index in [9.17, 15) is 9.18 Å². The number of benzene rings is 2. The Hall–Kier alpha value is -2.27. The first-order chi connectivity index (χ1) is 10.5. The summed E-state index contributed by atoms with van der Waals surface area (Å²) in [6, 6.07) is 13.3. The number of nitrogens with zero attached hydrogens (tertiary/aromatic N) is 1. The van der Waals surface area contributed by atoms with Gasteiger partial charge < -0.3 is 5.32 Å². The highest BCUT2D eigenvalue weighted by Crippen LogP contribution is 2.23. The van der Waals surface area contributed by atoms with E-state index in [1.54, 1.807) is 25.1 Å². The summed E-state index contributed by atoms with van der Waals surface area (Å²) in [6.45, 7) is 1.76. The molecule has 3 aromatic rings. The summed E-state index contributed by atoms with van der Waals surface area (Å²) >= 11 is 3.39. The molecule has 0 aliphatic rings. The number of aryl methyl sites for hydroxylation is 1. The fraction of sp³-hybridized carbons (Fsp3) is 0.0588. The Kier molecular flexibility index (Phi) is 3.90. The van der Waals surface area contributed by atoms with Crippen molar-refractivity contribution in [1.82, 2.24) is 4.98 Å². The lowest BCUT2D eigenvalue weighted by Gasteiger charge is -2.10. The molecule has 0 saturated carbocycles. The van der Waals surface area contributed by atoms with Gasteiger partial charge in [-0.15, -0.1) is 0 Å². The first-order valence-electron chi connectivity index (χ1n) is 6.67. The quantitative estimate of drug-likeness (QED) is 0.721. The maximum Gasteiger partial charge on any atom is 0.257 e. The van der Waals surface area contributed by atoms with Crippen LogP contribution in [-0.2, 0) is 0 Å². The zero-order valence-corrected chi connectivity index (χ0v) is 13.3. The van der Waals surface area contributed by atoms with Crippen molar-refractivity contribution in [3.8, 4) is 0 Å². The normalized spacial score (nSPS) is 10.7. The lowest BCUT2D eigenvalue weighted by molar-refractivity contribution is 0.102. The third-order valence-electron chi connectivity index (χ3n) is 3.33. The van der Waals surface area contributed by atoms with Gasteiger partial charge in [0.1, 0.15) is 5.82 Å². The number of rotatable bonds is 2. The molecule has 3 nitrogen and oxygen atoms in total. The molecule has 0 saturated heterocycles. The summed E-state index contributed by atoms with van der Waals surface area (Å²) in [4.78, 5) is 16.8. The van der Waals surface area contributed by atoms with Crippen molar-refractivity contribution in [3.63, 3.8) is 0 Å². The van der Waals surface area contributed by atoms with Gasteiger partial charge in [-0.05, 0) is 59.3 Å². The van der Waals surface area contributed by atoms with Crippen molar-refractivity contribution in [2.24, 2.45) is 0 Å². The number of fused-ring (bicyclic) bond motifs is 1. The van der Waals surface area contributed by atoms with E-state index in [2.05, 4.69) is 26.2 Å². The number of hydrogen-bond acceptors (Lipinski definition) is 2. The summed E-state index contributed by atoms with van der Waals surface area (Å²) in [5, 5.41) is 3.43. The van der Waals surface area contributed by atoms with Crippen LogP contribution in [-0.4, -0.2) is 10.9 Å². The Morgan fingerprint density at radius 3 is 2.73 bits per heavy atom. The van der Waals surface area contributed by atoms with Crippen LogP contribution >= 0.6 is 15.9 Å². The molecule has 0 aliphatic heterocycles. The Morgan fingerprint density at radius 1 is 1.18 bits per heavy atom. The fourth-order valence-electron chi connectivity index (χ4n) is 2.23. The summed E-state index contributed by atoms with van der Waals surface area (Å²) in [7, 11) is 0. The maximum absolute atomic E-state index is 13.3. The summed E-state index contributed by atoms with van der Waals surface area (Å²) < 4.78 is 14.1. The number of amides is 1. The molecule has 0 radical (unpaired) electrons. The second-order valence-corrected chi connectivity index (χ2v) is 5.75. The second kappa shape index (κ2) is 5.85. The second-order valence-electron chi connectivity index (χ2n) is 4.89. The van der Waals surface area contributed by atoms with Crippen molar-refractivity contribution < 1.29 is 9.18 Å². The van der Waals surface area contributed by atoms with Crippen molar-refractivity contribution >= 4 is 38.4 Å². The van der Waals surface area contributed by atoms with Crippen molar-refractivity contribution in [2.45, 2.75) is 6.92 Å². The number of carbonyl (C=O) groups excluding carboxylic acids is 1. The lowest BCUT2D eigenvalue weighted by Crippen LogP contribution is -2.14. The minimum atomic E-state index is -0.352. The van der Waals surface area contributed by atoms with Crippen LogP contribution in [0, 0.1) is 12.7 Å². The topological polar surface area (TPSA) is 42.0 Å². The van der Waals surface area contributed by atoms with E-state index in [4.69, 9.17) is 0 Å².